The number of carbonyl (C=O) groups excluding carboxylic acids is 3. The predicted molar refractivity (Wildman–Crippen MR) is 121 cm³/mol. The topological polar surface area (TPSA) is 87.2 Å². The maximum absolute atomic E-state index is 13.1. The zero-order valence-electron chi connectivity index (χ0n) is 18.3. The van der Waals surface area contributed by atoms with Crippen molar-refractivity contribution in [1.29, 1.82) is 0 Å². The molecule has 1 amide bonds. The van der Waals surface area contributed by atoms with E-state index in [1.54, 1.807) is 30.3 Å². The molecule has 0 fully saturated rings. The number of esters is 1. The summed E-state index contributed by atoms with van der Waals surface area (Å²) >= 11 is 0. The molecule has 1 unspecified atom stereocenters. The first kappa shape index (κ1) is 23.0. The first-order valence-electron chi connectivity index (χ1n) is 10.2. The van der Waals surface area contributed by atoms with E-state index in [1.165, 1.54) is 18.1 Å². The van der Waals surface area contributed by atoms with Crippen LogP contribution in [0.1, 0.15) is 27.5 Å². The molecule has 2 aromatic rings. The number of ether oxygens (including phenoxy) is 1. The van der Waals surface area contributed by atoms with Crippen LogP contribution in [0, 0.1) is 0 Å². The summed E-state index contributed by atoms with van der Waals surface area (Å²) in [6.45, 7) is 0.871. The van der Waals surface area contributed by atoms with Crippen LogP contribution in [0.3, 0.4) is 0 Å². The molecule has 0 saturated heterocycles. The lowest BCUT2D eigenvalue weighted by atomic mass is 9.95. The van der Waals surface area contributed by atoms with Gasteiger partial charge in [0.05, 0.1) is 24.3 Å². The van der Waals surface area contributed by atoms with Gasteiger partial charge in [-0.3, -0.25) is 9.59 Å². The van der Waals surface area contributed by atoms with Crippen molar-refractivity contribution < 1.29 is 24.2 Å². The van der Waals surface area contributed by atoms with Gasteiger partial charge in [0, 0.05) is 13.1 Å². The van der Waals surface area contributed by atoms with E-state index in [2.05, 4.69) is 0 Å². The quantitative estimate of drug-likeness (QED) is 0.508. The fourth-order valence-corrected chi connectivity index (χ4v) is 3.54. The normalized spacial score (nSPS) is 16.3. The molecule has 0 aliphatic carbocycles. The molecule has 32 heavy (non-hydrogen) atoms. The van der Waals surface area contributed by atoms with Gasteiger partial charge in [-0.2, -0.15) is 0 Å². The second-order valence-electron chi connectivity index (χ2n) is 7.69. The highest BCUT2D eigenvalue weighted by atomic mass is 16.5. The molecule has 3 rings (SSSR count). The molecule has 0 aromatic heterocycles. The highest BCUT2D eigenvalue weighted by Gasteiger charge is 2.42. The fourth-order valence-electron chi connectivity index (χ4n) is 3.54. The minimum absolute atomic E-state index is 0.0201. The molecule has 7 nitrogen and oxygen atoms in total. The second-order valence-corrected chi connectivity index (χ2v) is 7.69. The lowest BCUT2D eigenvalue weighted by Crippen LogP contribution is -2.36. The summed E-state index contributed by atoms with van der Waals surface area (Å²) in [6, 6.07) is 15.0. The van der Waals surface area contributed by atoms with Gasteiger partial charge in [0.25, 0.3) is 5.91 Å². The van der Waals surface area contributed by atoms with Gasteiger partial charge in [-0.15, -0.1) is 0 Å². The fraction of sp³-hybridized carbons (Fsp3) is 0.240. The van der Waals surface area contributed by atoms with Crippen LogP contribution in [0.2, 0.25) is 0 Å². The lowest BCUT2D eigenvalue weighted by Gasteiger charge is -2.28. The SMILES string of the molecule is COC(=O)c1ccc(C2C(C(=O)C=Cc3ccccc3)=C(O)C(=O)N2CCN(C)C)cc1. The summed E-state index contributed by atoms with van der Waals surface area (Å²) < 4.78 is 4.73. The molecule has 0 saturated carbocycles. The van der Waals surface area contributed by atoms with Crippen molar-refractivity contribution in [1.82, 2.24) is 9.80 Å². The van der Waals surface area contributed by atoms with Gasteiger partial charge in [0.2, 0.25) is 0 Å². The van der Waals surface area contributed by atoms with Crippen molar-refractivity contribution in [2.75, 3.05) is 34.3 Å². The molecular weight excluding hydrogens is 408 g/mol. The van der Waals surface area contributed by atoms with Crippen LogP contribution in [-0.4, -0.2) is 66.9 Å². The molecule has 7 heteroatoms. The Hall–Kier alpha value is -3.71. The molecule has 1 heterocycles. The van der Waals surface area contributed by atoms with Crippen LogP contribution in [0.4, 0.5) is 0 Å². The Morgan fingerprint density at radius 3 is 2.34 bits per heavy atom. The number of hydrogen-bond donors (Lipinski definition) is 1. The third-order valence-electron chi connectivity index (χ3n) is 5.23. The molecule has 1 aliphatic rings. The van der Waals surface area contributed by atoms with Gasteiger partial charge in [-0.1, -0.05) is 48.5 Å². The van der Waals surface area contributed by atoms with Crippen LogP contribution in [0.15, 0.2) is 72.0 Å². The van der Waals surface area contributed by atoms with E-state index < -0.39 is 29.5 Å². The maximum Gasteiger partial charge on any atom is 0.337 e. The first-order chi connectivity index (χ1) is 15.3. The number of likely N-dealkylation sites (N-methyl/N-ethyl adjacent to an activating group) is 1. The van der Waals surface area contributed by atoms with Gasteiger partial charge in [-0.25, -0.2) is 4.79 Å². The number of ketones is 1. The molecule has 166 valence electrons. The van der Waals surface area contributed by atoms with Gasteiger partial charge in [0.15, 0.2) is 11.5 Å². The number of hydrogen-bond acceptors (Lipinski definition) is 6. The van der Waals surface area contributed by atoms with Crippen LogP contribution in [0.25, 0.3) is 6.08 Å². The van der Waals surface area contributed by atoms with E-state index in [4.69, 9.17) is 4.74 Å². The summed E-state index contributed by atoms with van der Waals surface area (Å²) in [5.74, 6) is -2.07. The molecule has 1 N–H and O–H groups in total. The highest BCUT2D eigenvalue weighted by Crippen LogP contribution is 2.38. The van der Waals surface area contributed by atoms with Crippen molar-refractivity contribution in [2.24, 2.45) is 0 Å². The standard InChI is InChI=1S/C25H26N2O5/c1-26(2)15-16-27-22(18-10-12-19(13-11-18)25(31)32-3)21(23(29)24(27)30)20(28)14-9-17-7-5-4-6-8-17/h4-14,22,29H,15-16H2,1-3H3. The minimum Gasteiger partial charge on any atom is -0.503 e. The zero-order chi connectivity index (χ0) is 23.3. The van der Waals surface area contributed by atoms with Gasteiger partial charge in [0.1, 0.15) is 0 Å². The summed E-state index contributed by atoms with van der Waals surface area (Å²) in [7, 11) is 5.05. The Kier molecular flexibility index (Phi) is 7.22. The van der Waals surface area contributed by atoms with Gasteiger partial charge in [-0.05, 0) is 43.4 Å². The number of carbonyl (C=O) groups is 3. The number of aliphatic hydroxyl groups is 1. The number of benzene rings is 2. The van der Waals surface area contributed by atoms with Crippen LogP contribution in [0.5, 0.6) is 0 Å². The third kappa shape index (κ3) is 4.95. The van der Waals surface area contributed by atoms with E-state index >= 15 is 0 Å². The molecule has 0 bridgehead atoms. The number of nitrogens with zero attached hydrogens (tertiary/aromatic N) is 2. The van der Waals surface area contributed by atoms with E-state index in [0.29, 0.717) is 24.2 Å². The Morgan fingerprint density at radius 1 is 1.09 bits per heavy atom. The number of amides is 1. The molecule has 0 radical (unpaired) electrons. The predicted octanol–water partition coefficient (Wildman–Crippen LogP) is 3.01. The molecule has 1 atom stereocenters. The van der Waals surface area contributed by atoms with Gasteiger partial charge >= 0.3 is 5.97 Å². The highest BCUT2D eigenvalue weighted by molar-refractivity contribution is 6.14. The summed E-state index contributed by atoms with van der Waals surface area (Å²) in [4.78, 5) is 41.1. The van der Waals surface area contributed by atoms with E-state index in [-0.39, 0.29) is 5.57 Å². The summed E-state index contributed by atoms with van der Waals surface area (Å²) in [5, 5.41) is 10.6. The average Bonchev–Trinajstić information content (AvgIpc) is 3.06. The van der Waals surface area contributed by atoms with E-state index in [9.17, 15) is 19.5 Å². The minimum atomic E-state index is -0.762. The summed E-state index contributed by atoms with van der Waals surface area (Å²) in [6.07, 6.45) is 3.01. The first-order valence-corrected chi connectivity index (χ1v) is 10.2. The van der Waals surface area contributed by atoms with Crippen molar-refractivity contribution in [3.05, 3.63) is 88.7 Å². The van der Waals surface area contributed by atoms with Crippen LogP contribution >= 0.6 is 0 Å². The number of allylic oxidation sites excluding steroid dienone is 1. The third-order valence-corrected chi connectivity index (χ3v) is 5.23. The molecule has 0 spiro atoms. The maximum atomic E-state index is 13.1. The van der Waals surface area contributed by atoms with Gasteiger partial charge < -0.3 is 19.6 Å². The Labute approximate surface area is 187 Å². The average molecular weight is 434 g/mol. The summed E-state index contributed by atoms with van der Waals surface area (Å²) in [5.41, 5.74) is 1.82. The van der Waals surface area contributed by atoms with E-state index in [0.717, 1.165) is 5.56 Å². The number of methoxy groups -OCH3 is 1. The van der Waals surface area contributed by atoms with Crippen molar-refractivity contribution >= 4 is 23.7 Å². The van der Waals surface area contributed by atoms with Crippen molar-refractivity contribution in [3.8, 4) is 0 Å². The van der Waals surface area contributed by atoms with Crippen LogP contribution in [-0.2, 0) is 14.3 Å². The van der Waals surface area contributed by atoms with Crippen molar-refractivity contribution in [2.45, 2.75) is 6.04 Å². The Balaban J connectivity index is 1.98. The number of aliphatic hydroxyl groups excluding tert-OH is 1. The smallest absolute Gasteiger partial charge is 0.337 e. The lowest BCUT2D eigenvalue weighted by molar-refractivity contribution is -0.129. The molecule has 2 aromatic carbocycles. The van der Waals surface area contributed by atoms with E-state index in [1.807, 2.05) is 49.3 Å². The van der Waals surface area contributed by atoms with Crippen molar-refractivity contribution in [3.63, 3.8) is 0 Å². The second kappa shape index (κ2) is 10.1. The Morgan fingerprint density at radius 2 is 1.75 bits per heavy atom. The van der Waals surface area contributed by atoms with Crippen LogP contribution < -0.4 is 0 Å². The Bertz CT molecular complexity index is 1060. The largest absolute Gasteiger partial charge is 0.503 e. The molecular formula is C25H26N2O5. The number of rotatable bonds is 8. The molecule has 1 aliphatic heterocycles. The monoisotopic (exact) mass is 434 g/mol. The zero-order valence-corrected chi connectivity index (χ0v) is 18.3.